The third-order valence-corrected chi connectivity index (χ3v) is 4.16. The first-order chi connectivity index (χ1) is 11.3. The van der Waals surface area contributed by atoms with Gasteiger partial charge in [-0.15, -0.1) is 0 Å². The van der Waals surface area contributed by atoms with E-state index >= 15 is 0 Å². The van der Waals surface area contributed by atoms with Crippen LogP contribution in [0, 0.1) is 0 Å². The summed E-state index contributed by atoms with van der Waals surface area (Å²) in [7, 11) is 1.78. The monoisotopic (exact) mass is 327 g/mol. The van der Waals surface area contributed by atoms with Crippen molar-refractivity contribution >= 4 is 5.91 Å². The Morgan fingerprint density at radius 1 is 1.25 bits per heavy atom. The van der Waals surface area contributed by atoms with E-state index in [1.165, 1.54) is 6.33 Å². The third kappa shape index (κ3) is 4.86. The quantitative estimate of drug-likeness (QED) is 0.885. The molecule has 0 bridgehead atoms. The molecular weight excluding hydrogens is 302 g/mol. The summed E-state index contributed by atoms with van der Waals surface area (Å²) in [4.78, 5) is 22.4. The Hall–Kier alpha value is -2.27. The number of aliphatic hydroxyl groups is 1. The number of aryl methyl sites for hydroxylation is 1. The molecule has 0 saturated carbocycles. The summed E-state index contributed by atoms with van der Waals surface area (Å²) in [6, 6.07) is 9.25. The molecule has 0 spiro atoms. The number of rotatable bonds is 6. The SMILES string of the molecule is C[C@H](c1ccncn1)N(C)C(=O)c1ccc(CCC(C)(C)O)cc1. The van der Waals surface area contributed by atoms with Gasteiger partial charge < -0.3 is 10.0 Å². The van der Waals surface area contributed by atoms with E-state index in [1.807, 2.05) is 37.3 Å². The minimum absolute atomic E-state index is 0.0462. The van der Waals surface area contributed by atoms with Crippen LogP contribution in [0.1, 0.15) is 54.8 Å². The summed E-state index contributed by atoms with van der Waals surface area (Å²) in [5.41, 5.74) is 1.88. The predicted molar refractivity (Wildman–Crippen MR) is 93.6 cm³/mol. The first-order valence-electron chi connectivity index (χ1n) is 8.12. The summed E-state index contributed by atoms with van der Waals surface area (Å²) in [5, 5.41) is 9.79. The van der Waals surface area contributed by atoms with Crippen LogP contribution in [0.15, 0.2) is 42.9 Å². The van der Waals surface area contributed by atoms with Gasteiger partial charge in [0.1, 0.15) is 6.33 Å². The van der Waals surface area contributed by atoms with Crippen LogP contribution < -0.4 is 0 Å². The lowest BCUT2D eigenvalue weighted by molar-refractivity contribution is 0.0710. The summed E-state index contributed by atoms with van der Waals surface area (Å²) in [6.07, 6.45) is 4.63. The first-order valence-corrected chi connectivity index (χ1v) is 8.12. The van der Waals surface area contributed by atoms with Crippen molar-refractivity contribution < 1.29 is 9.90 Å². The molecule has 1 N–H and O–H groups in total. The van der Waals surface area contributed by atoms with Gasteiger partial charge in [0, 0.05) is 18.8 Å². The maximum absolute atomic E-state index is 12.6. The van der Waals surface area contributed by atoms with E-state index in [9.17, 15) is 9.90 Å². The van der Waals surface area contributed by atoms with Gasteiger partial charge in [0.15, 0.2) is 0 Å². The van der Waals surface area contributed by atoms with E-state index in [4.69, 9.17) is 0 Å². The van der Waals surface area contributed by atoms with Crippen molar-refractivity contribution in [3.63, 3.8) is 0 Å². The Balaban J connectivity index is 2.04. The smallest absolute Gasteiger partial charge is 0.254 e. The van der Waals surface area contributed by atoms with Crippen molar-refractivity contribution in [2.45, 2.75) is 45.3 Å². The van der Waals surface area contributed by atoms with E-state index < -0.39 is 5.60 Å². The number of carbonyl (C=O) groups is 1. The van der Waals surface area contributed by atoms with Crippen molar-refractivity contribution in [2.24, 2.45) is 0 Å². The van der Waals surface area contributed by atoms with Crippen LogP contribution in [0.5, 0.6) is 0 Å². The number of hydrogen-bond donors (Lipinski definition) is 1. The number of amides is 1. The zero-order chi connectivity index (χ0) is 17.7. The number of aromatic nitrogens is 2. The molecule has 1 atom stereocenters. The van der Waals surface area contributed by atoms with E-state index in [-0.39, 0.29) is 11.9 Å². The summed E-state index contributed by atoms with van der Waals surface area (Å²) in [5.74, 6) is -0.0462. The van der Waals surface area contributed by atoms with Gasteiger partial charge in [-0.25, -0.2) is 9.97 Å². The van der Waals surface area contributed by atoms with Gasteiger partial charge in [-0.2, -0.15) is 0 Å². The molecule has 0 aliphatic carbocycles. The maximum Gasteiger partial charge on any atom is 0.254 e. The van der Waals surface area contributed by atoms with Crippen LogP contribution in [-0.4, -0.2) is 38.5 Å². The standard InChI is InChI=1S/C19H25N3O2/c1-14(17-10-12-20-13-21-17)22(4)18(23)16-7-5-15(6-8-16)9-11-19(2,3)24/h5-8,10,12-14,24H,9,11H2,1-4H3/t14-/m1/s1. The molecule has 1 heterocycles. The first kappa shape index (κ1) is 18.1. The lowest BCUT2D eigenvalue weighted by atomic mass is 9.98. The number of nitrogens with zero attached hydrogens (tertiary/aromatic N) is 3. The molecule has 1 amide bonds. The van der Waals surface area contributed by atoms with Gasteiger partial charge in [0.05, 0.1) is 17.3 Å². The lowest BCUT2D eigenvalue weighted by Crippen LogP contribution is -2.30. The minimum atomic E-state index is -0.679. The Kier molecular flexibility index (Phi) is 5.67. The van der Waals surface area contributed by atoms with E-state index in [0.717, 1.165) is 17.7 Å². The molecule has 5 heteroatoms. The van der Waals surface area contributed by atoms with E-state index in [0.29, 0.717) is 12.0 Å². The van der Waals surface area contributed by atoms with Crippen LogP contribution in [0.4, 0.5) is 0 Å². The average molecular weight is 327 g/mol. The van der Waals surface area contributed by atoms with Crippen molar-refractivity contribution in [1.82, 2.24) is 14.9 Å². The fraction of sp³-hybridized carbons (Fsp3) is 0.421. The second-order valence-electron chi connectivity index (χ2n) is 6.74. The Morgan fingerprint density at radius 2 is 1.92 bits per heavy atom. The highest BCUT2D eigenvalue weighted by atomic mass is 16.3. The molecule has 0 saturated heterocycles. The van der Waals surface area contributed by atoms with E-state index in [2.05, 4.69) is 9.97 Å². The van der Waals surface area contributed by atoms with Gasteiger partial charge in [-0.05, 0) is 57.4 Å². The number of carbonyl (C=O) groups excluding carboxylic acids is 1. The van der Waals surface area contributed by atoms with Gasteiger partial charge in [0.25, 0.3) is 5.91 Å². The molecule has 24 heavy (non-hydrogen) atoms. The fourth-order valence-electron chi connectivity index (χ4n) is 2.39. The van der Waals surface area contributed by atoms with Crippen LogP contribution in [-0.2, 0) is 6.42 Å². The Morgan fingerprint density at radius 3 is 2.46 bits per heavy atom. The molecule has 2 rings (SSSR count). The summed E-state index contributed by atoms with van der Waals surface area (Å²) < 4.78 is 0. The molecule has 5 nitrogen and oxygen atoms in total. The van der Waals surface area contributed by atoms with Crippen molar-refractivity contribution in [3.05, 3.63) is 59.7 Å². The molecule has 0 fully saturated rings. The zero-order valence-corrected chi connectivity index (χ0v) is 14.7. The highest BCUT2D eigenvalue weighted by Gasteiger charge is 2.20. The van der Waals surface area contributed by atoms with Gasteiger partial charge >= 0.3 is 0 Å². The summed E-state index contributed by atoms with van der Waals surface area (Å²) in [6.45, 7) is 5.54. The normalized spacial score (nSPS) is 12.7. The topological polar surface area (TPSA) is 66.3 Å². The van der Waals surface area contributed by atoms with Gasteiger partial charge in [0.2, 0.25) is 0 Å². The second-order valence-corrected chi connectivity index (χ2v) is 6.74. The highest BCUT2D eigenvalue weighted by Crippen LogP contribution is 2.19. The highest BCUT2D eigenvalue weighted by molar-refractivity contribution is 5.94. The zero-order valence-electron chi connectivity index (χ0n) is 14.7. The summed E-state index contributed by atoms with van der Waals surface area (Å²) >= 11 is 0. The largest absolute Gasteiger partial charge is 0.390 e. The van der Waals surface area contributed by atoms with Crippen LogP contribution >= 0.6 is 0 Å². The fourth-order valence-corrected chi connectivity index (χ4v) is 2.39. The van der Waals surface area contributed by atoms with Crippen molar-refractivity contribution in [1.29, 1.82) is 0 Å². The molecule has 1 aromatic carbocycles. The van der Waals surface area contributed by atoms with Crippen molar-refractivity contribution in [2.75, 3.05) is 7.05 Å². The van der Waals surface area contributed by atoms with Crippen molar-refractivity contribution in [3.8, 4) is 0 Å². The second kappa shape index (κ2) is 7.53. The molecular formula is C19H25N3O2. The predicted octanol–water partition coefficient (Wildman–Crippen LogP) is 3.01. The number of hydrogen-bond acceptors (Lipinski definition) is 4. The average Bonchev–Trinajstić information content (AvgIpc) is 2.58. The third-order valence-electron chi connectivity index (χ3n) is 4.16. The van der Waals surface area contributed by atoms with Crippen LogP contribution in [0.3, 0.4) is 0 Å². The molecule has 0 radical (unpaired) electrons. The molecule has 0 unspecified atom stereocenters. The Bertz CT molecular complexity index is 663. The minimum Gasteiger partial charge on any atom is -0.390 e. The van der Waals surface area contributed by atoms with E-state index in [1.54, 1.807) is 32.0 Å². The molecule has 2 aromatic rings. The van der Waals surface area contributed by atoms with Crippen LogP contribution in [0.2, 0.25) is 0 Å². The molecule has 1 aromatic heterocycles. The lowest BCUT2D eigenvalue weighted by Gasteiger charge is -2.24. The molecule has 128 valence electrons. The van der Waals surface area contributed by atoms with Gasteiger partial charge in [-0.3, -0.25) is 4.79 Å². The number of benzene rings is 1. The van der Waals surface area contributed by atoms with Gasteiger partial charge in [-0.1, -0.05) is 12.1 Å². The molecule has 0 aliphatic rings. The maximum atomic E-state index is 12.6. The Labute approximate surface area is 143 Å². The van der Waals surface area contributed by atoms with Crippen LogP contribution in [0.25, 0.3) is 0 Å². The molecule has 0 aliphatic heterocycles.